The van der Waals surface area contributed by atoms with Gasteiger partial charge in [-0.3, -0.25) is 9.59 Å². The number of hydrogen-bond donors (Lipinski definition) is 1. The number of ether oxygens (including phenoxy) is 4. The van der Waals surface area contributed by atoms with Crippen LogP contribution in [-0.2, 0) is 14.3 Å². The van der Waals surface area contributed by atoms with Gasteiger partial charge in [0.1, 0.15) is 18.1 Å². The summed E-state index contributed by atoms with van der Waals surface area (Å²) in [6.45, 7) is 4.01. The lowest BCUT2D eigenvalue weighted by Gasteiger charge is -2.28. The largest absolute Gasteiger partial charge is 0.507 e. The van der Waals surface area contributed by atoms with Crippen molar-refractivity contribution in [2.24, 2.45) is 0 Å². The quantitative estimate of drug-likeness (QED) is 0.348. The van der Waals surface area contributed by atoms with Crippen LogP contribution in [0.4, 0.5) is 5.69 Å². The van der Waals surface area contributed by atoms with Gasteiger partial charge in [-0.2, -0.15) is 0 Å². The number of likely N-dealkylation sites (N-methyl/N-ethyl adjacent to an activating group) is 1. The average Bonchev–Trinajstić information content (AvgIpc) is 3.12. The molecular weight excluding hydrogens is 452 g/mol. The molecule has 1 unspecified atom stereocenters. The molecule has 9 nitrogen and oxygen atoms in total. The molecule has 0 radical (unpaired) electrons. The van der Waals surface area contributed by atoms with E-state index in [4.69, 9.17) is 18.9 Å². The Morgan fingerprint density at radius 2 is 1.94 bits per heavy atom. The first-order chi connectivity index (χ1) is 16.9. The fourth-order valence-corrected chi connectivity index (χ4v) is 4.43. The van der Waals surface area contributed by atoms with Gasteiger partial charge >= 0.3 is 0 Å². The first kappa shape index (κ1) is 24.4. The van der Waals surface area contributed by atoms with Crippen LogP contribution in [0.15, 0.2) is 42.0 Å². The zero-order valence-electron chi connectivity index (χ0n) is 20.4. The van der Waals surface area contributed by atoms with E-state index in [1.807, 2.05) is 18.9 Å². The van der Waals surface area contributed by atoms with Crippen LogP contribution in [0.1, 0.15) is 24.1 Å². The lowest BCUT2D eigenvalue weighted by molar-refractivity contribution is -0.140. The molecule has 1 atom stereocenters. The molecule has 1 N–H and O–H groups in total. The number of benzene rings is 2. The van der Waals surface area contributed by atoms with E-state index in [1.54, 1.807) is 36.4 Å². The van der Waals surface area contributed by atoms with Crippen molar-refractivity contribution >= 4 is 23.1 Å². The second-order valence-corrected chi connectivity index (χ2v) is 8.28. The summed E-state index contributed by atoms with van der Waals surface area (Å²) in [4.78, 5) is 29.7. The standard InChI is InChI=1S/C26H30N2O7/c1-5-34-20-9-6-16(15-21(20)33-4)23-22(25(30)26(31)28(23)11-12-32-3)24(29)17-7-8-19-18(14-17)27(2)10-13-35-19/h6-9,14-15,23,29H,5,10-13H2,1-4H3/b24-22+. The fourth-order valence-electron chi connectivity index (χ4n) is 4.43. The topological polar surface area (TPSA) is 97.8 Å². The van der Waals surface area contributed by atoms with Crippen molar-refractivity contribution in [3.8, 4) is 17.2 Å². The molecular formula is C26H30N2O7. The minimum Gasteiger partial charge on any atom is -0.507 e. The number of Topliss-reactive ketones (excluding diaryl/α,β-unsaturated/α-hetero) is 1. The highest BCUT2D eigenvalue weighted by atomic mass is 16.5. The summed E-state index contributed by atoms with van der Waals surface area (Å²) in [7, 11) is 4.98. The summed E-state index contributed by atoms with van der Waals surface area (Å²) >= 11 is 0. The van der Waals surface area contributed by atoms with Gasteiger partial charge in [-0.05, 0) is 42.8 Å². The third-order valence-corrected chi connectivity index (χ3v) is 6.21. The van der Waals surface area contributed by atoms with Crippen molar-refractivity contribution in [2.45, 2.75) is 13.0 Å². The molecule has 0 saturated carbocycles. The van der Waals surface area contributed by atoms with Gasteiger partial charge in [0.2, 0.25) is 0 Å². The number of nitrogens with zero attached hydrogens (tertiary/aromatic N) is 2. The van der Waals surface area contributed by atoms with Crippen LogP contribution >= 0.6 is 0 Å². The fraction of sp³-hybridized carbons (Fsp3) is 0.385. The highest BCUT2D eigenvalue weighted by molar-refractivity contribution is 6.46. The number of amides is 1. The zero-order valence-corrected chi connectivity index (χ0v) is 20.4. The number of carbonyl (C=O) groups is 2. The molecule has 2 aromatic carbocycles. The highest BCUT2D eigenvalue weighted by Crippen LogP contribution is 2.43. The monoisotopic (exact) mass is 482 g/mol. The lowest BCUT2D eigenvalue weighted by atomic mass is 9.94. The minimum absolute atomic E-state index is 0.0108. The molecule has 1 amide bonds. The van der Waals surface area contributed by atoms with Crippen LogP contribution in [0.3, 0.4) is 0 Å². The van der Waals surface area contributed by atoms with E-state index in [0.29, 0.717) is 48.1 Å². The van der Waals surface area contributed by atoms with Gasteiger partial charge in [0.25, 0.3) is 11.7 Å². The van der Waals surface area contributed by atoms with Gasteiger partial charge in [-0.15, -0.1) is 0 Å². The van der Waals surface area contributed by atoms with Gasteiger partial charge in [0, 0.05) is 26.3 Å². The average molecular weight is 483 g/mol. The predicted octanol–water partition coefficient (Wildman–Crippen LogP) is 2.99. The van der Waals surface area contributed by atoms with Crippen LogP contribution in [0.2, 0.25) is 0 Å². The van der Waals surface area contributed by atoms with Gasteiger partial charge in [-0.25, -0.2) is 0 Å². The lowest BCUT2D eigenvalue weighted by Crippen LogP contribution is -2.32. The Hall–Kier alpha value is -3.72. The van der Waals surface area contributed by atoms with Gasteiger partial charge in [-0.1, -0.05) is 6.07 Å². The number of ketones is 1. The van der Waals surface area contributed by atoms with Crippen molar-refractivity contribution in [3.63, 3.8) is 0 Å². The molecule has 2 heterocycles. The molecule has 0 aromatic heterocycles. The molecule has 1 fully saturated rings. The van der Waals surface area contributed by atoms with Gasteiger partial charge < -0.3 is 33.9 Å². The van der Waals surface area contributed by atoms with E-state index in [1.165, 1.54) is 19.1 Å². The molecule has 9 heteroatoms. The van der Waals surface area contributed by atoms with Crippen LogP contribution in [0.5, 0.6) is 17.2 Å². The maximum absolute atomic E-state index is 13.2. The summed E-state index contributed by atoms with van der Waals surface area (Å²) in [6.07, 6.45) is 0. The van der Waals surface area contributed by atoms with Crippen LogP contribution in [0.25, 0.3) is 5.76 Å². The summed E-state index contributed by atoms with van der Waals surface area (Å²) < 4.78 is 22.0. The molecule has 35 heavy (non-hydrogen) atoms. The van der Waals surface area contributed by atoms with Crippen molar-refractivity contribution in [1.29, 1.82) is 0 Å². The van der Waals surface area contributed by atoms with Gasteiger partial charge in [0.05, 0.1) is 44.2 Å². The van der Waals surface area contributed by atoms with E-state index < -0.39 is 17.7 Å². The Bertz CT molecular complexity index is 1160. The third kappa shape index (κ3) is 4.51. The summed E-state index contributed by atoms with van der Waals surface area (Å²) in [5.41, 5.74) is 1.85. The third-order valence-electron chi connectivity index (χ3n) is 6.21. The number of aliphatic hydroxyl groups is 1. The van der Waals surface area contributed by atoms with Crippen LogP contribution < -0.4 is 19.1 Å². The maximum atomic E-state index is 13.2. The van der Waals surface area contributed by atoms with Gasteiger partial charge in [0.15, 0.2) is 11.5 Å². The minimum atomic E-state index is -0.820. The van der Waals surface area contributed by atoms with E-state index in [9.17, 15) is 14.7 Å². The predicted molar refractivity (Wildman–Crippen MR) is 130 cm³/mol. The molecule has 2 aliphatic rings. The first-order valence-corrected chi connectivity index (χ1v) is 11.5. The normalized spacial score (nSPS) is 18.9. The number of carbonyl (C=O) groups excluding carboxylic acids is 2. The van der Waals surface area contributed by atoms with Crippen molar-refractivity contribution in [1.82, 2.24) is 4.90 Å². The molecule has 1 saturated heterocycles. The Morgan fingerprint density at radius 1 is 1.14 bits per heavy atom. The SMILES string of the molecule is CCOc1ccc(C2/C(=C(\O)c3ccc4c(c3)N(C)CCO4)C(=O)C(=O)N2CCOC)cc1OC. The van der Waals surface area contributed by atoms with E-state index >= 15 is 0 Å². The van der Waals surface area contributed by atoms with E-state index in [2.05, 4.69) is 0 Å². The Balaban J connectivity index is 1.85. The number of fused-ring (bicyclic) bond motifs is 1. The number of likely N-dealkylation sites (tertiary alicyclic amines) is 1. The van der Waals surface area contributed by atoms with Crippen molar-refractivity contribution in [2.75, 3.05) is 59.1 Å². The van der Waals surface area contributed by atoms with Crippen LogP contribution in [-0.4, -0.2) is 75.9 Å². The second kappa shape index (κ2) is 10.3. The molecule has 2 aliphatic heterocycles. The molecule has 2 aromatic rings. The molecule has 4 rings (SSSR count). The van der Waals surface area contributed by atoms with Crippen molar-refractivity contribution < 1.29 is 33.6 Å². The maximum Gasteiger partial charge on any atom is 0.295 e. The Labute approximate surface area is 204 Å². The first-order valence-electron chi connectivity index (χ1n) is 11.5. The Morgan fingerprint density at radius 3 is 2.66 bits per heavy atom. The summed E-state index contributed by atoms with van der Waals surface area (Å²) in [5, 5.41) is 11.4. The van der Waals surface area contributed by atoms with Crippen LogP contribution in [0, 0.1) is 0 Å². The Kier molecular flexibility index (Phi) is 7.16. The second-order valence-electron chi connectivity index (χ2n) is 8.28. The molecule has 0 spiro atoms. The number of aliphatic hydroxyl groups excluding tert-OH is 1. The number of rotatable bonds is 8. The summed E-state index contributed by atoms with van der Waals surface area (Å²) in [5.74, 6) is 0.0183. The van der Waals surface area contributed by atoms with Crippen molar-refractivity contribution in [3.05, 3.63) is 53.1 Å². The highest BCUT2D eigenvalue weighted by Gasteiger charge is 2.46. The molecule has 0 aliphatic carbocycles. The molecule has 0 bridgehead atoms. The number of anilines is 1. The summed E-state index contributed by atoms with van der Waals surface area (Å²) in [6, 6.07) is 9.62. The van der Waals surface area contributed by atoms with E-state index in [0.717, 1.165) is 5.69 Å². The molecule has 186 valence electrons. The zero-order chi connectivity index (χ0) is 25.1. The number of hydrogen-bond acceptors (Lipinski definition) is 8. The smallest absolute Gasteiger partial charge is 0.295 e. The van der Waals surface area contributed by atoms with E-state index in [-0.39, 0.29) is 24.5 Å². The number of methoxy groups -OCH3 is 2.